The quantitative estimate of drug-likeness (QED) is 0.397. The molecule has 2 aliphatic carbocycles. The van der Waals surface area contributed by atoms with Gasteiger partial charge in [-0.3, -0.25) is 9.59 Å². The van der Waals surface area contributed by atoms with E-state index in [1.807, 2.05) is 26.0 Å². The van der Waals surface area contributed by atoms with E-state index in [1.165, 1.54) is 0 Å². The lowest BCUT2D eigenvalue weighted by molar-refractivity contribution is -0.159. The summed E-state index contributed by atoms with van der Waals surface area (Å²) in [6.07, 6.45) is 4.64. The molecule has 0 fully saturated rings. The van der Waals surface area contributed by atoms with Crippen molar-refractivity contribution in [2.45, 2.75) is 83.7 Å². The molecule has 170 valence electrons. The number of hydrogen-bond acceptors (Lipinski definition) is 6. The lowest BCUT2D eigenvalue weighted by atomic mass is 9.66. The van der Waals surface area contributed by atoms with Crippen molar-refractivity contribution >= 4 is 11.9 Å². The molecule has 2 aliphatic rings. The van der Waals surface area contributed by atoms with Gasteiger partial charge in [0.05, 0.1) is 30.7 Å². The highest BCUT2D eigenvalue weighted by molar-refractivity contribution is 5.72. The zero-order valence-electron chi connectivity index (χ0n) is 18.1. The molecule has 0 unspecified atom stereocenters. The van der Waals surface area contributed by atoms with Crippen molar-refractivity contribution in [1.82, 2.24) is 0 Å². The Labute approximate surface area is 178 Å². The Bertz CT molecular complexity index is 656. The van der Waals surface area contributed by atoms with Crippen molar-refractivity contribution in [2.24, 2.45) is 23.7 Å². The maximum atomic E-state index is 12.4. The van der Waals surface area contributed by atoms with Crippen LogP contribution >= 0.6 is 0 Å². The summed E-state index contributed by atoms with van der Waals surface area (Å²) in [7, 11) is 0. The summed E-state index contributed by atoms with van der Waals surface area (Å²) in [5, 5.41) is 39.1. The van der Waals surface area contributed by atoms with Crippen LogP contribution in [0.3, 0.4) is 0 Å². The third-order valence-electron chi connectivity index (χ3n) is 6.44. The van der Waals surface area contributed by atoms with E-state index in [2.05, 4.69) is 13.0 Å². The SMILES string of the molecule is CC[C@@H](C)C(=O)O[C@H]1C[C@H](O)C=C2C=C[C@H](C)[C@H](CC[C@@H](O)C[C@@H](O)CC(=O)O)[C@H]21. The summed E-state index contributed by atoms with van der Waals surface area (Å²) in [5.74, 6) is -1.31. The van der Waals surface area contributed by atoms with Gasteiger partial charge in [0.1, 0.15) is 6.10 Å². The van der Waals surface area contributed by atoms with Crippen LogP contribution in [-0.2, 0) is 14.3 Å². The smallest absolute Gasteiger partial charge is 0.308 e. The Balaban J connectivity index is 2.09. The number of carboxylic acid groups (broad SMARTS) is 1. The fraction of sp³-hybridized carbons (Fsp3) is 0.739. The molecule has 0 aromatic carbocycles. The van der Waals surface area contributed by atoms with Crippen LogP contribution in [0, 0.1) is 23.7 Å². The number of carboxylic acids is 1. The molecule has 0 spiro atoms. The molecular weight excluding hydrogens is 388 g/mol. The van der Waals surface area contributed by atoms with Gasteiger partial charge in [0.2, 0.25) is 0 Å². The Kier molecular flexibility index (Phi) is 9.07. The molecule has 0 aromatic rings. The van der Waals surface area contributed by atoms with Gasteiger partial charge in [0.15, 0.2) is 0 Å². The second-order valence-electron chi connectivity index (χ2n) is 8.88. The number of allylic oxidation sites excluding steroid dienone is 2. The van der Waals surface area contributed by atoms with E-state index in [-0.39, 0.29) is 42.5 Å². The average Bonchev–Trinajstić information content (AvgIpc) is 2.65. The number of fused-ring (bicyclic) bond motifs is 1. The van der Waals surface area contributed by atoms with Crippen LogP contribution in [0.15, 0.2) is 23.8 Å². The third kappa shape index (κ3) is 6.65. The van der Waals surface area contributed by atoms with Gasteiger partial charge < -0.3 is 25.2 Å². The minimum Gasteiger partial charge on any atom is -0.481 e. The number of rotatable bonds is 10. The number of aliphatic carboxylic acids is 1. The number of hydrogen-bond donors (Lipinski definition) is 4. The van der Waals surface area contributed by atoms with Crippen LogP contribution in [0.1, 0.15) is 59.3 Å². The van der Waals surface area contributed by atoms with Gasteiger partial charge in [-0.05, 0) is 43.1 Å². The summed E-state index contributed by atoms with van der Waals surface area (Å²) in [4.78, 5) is 23.1. The summed E-state index contributed by atoms with van der Waals surface area (Å²) in [5.41, 5.74) is 0.958. The molecule has 0 bridgehead atoms. The fourth-order valence-corrected chi connectivity index (χ4v) is 4.52. The van der Waals surface area contributed by atoms with Crippen molar-refractivity contribution in [3.8, 4) is 0 Å². The molecule has 0 aliphatic heterocycles. The first-order valence-electron chi connectivity index (χ1n) is 11.0. The van der Waals surface area contributed by atoms with Crippen LogP contribution in [0.25, 0.3) is 0 Å². The maximum absolute atomic E-state index is 12.4. The van der Waals surface area contributed by atoms with E-state index >= 15 is 0 Å². The van der Waals surface area contributed by atoms with Crippen molar-refractivity contribution in [1.29, 1.82) is 0 Å². The lowest BCUT2D eigenvalue weighted by Crippen LogP contribution is -2.43. The molecule has 7 nitrogen and oxygen atoms in total. The summed E-state index contributed by atoms with van der Waals surface area (Å²) >= 11 is 0. The average molecular weight is 425 g/mol. The van der Waals surface area contributed by atoms with E-state index in [4.69, 9.17) is 9.84 Å². The second kappa shape index (κ2) is 11.1. The van der Waals surface area contributed by atoms with Crippen LogP contribution in [0.2, 0.25) is 0 Å². The summed E-state index contributed by atoms with van der Waals surface area (Å²) in [6, 6.07) is 0. The molecule has 2 rings (SSSR count). The van der Waals surface area contributed by atoms with Gasteiger partial charge in [0.25, 0.3) is 0 Å². The van der Waals surface area contributed by atoms with Crippen LogP contribution in [-0.4, -0.2) is 56.8 Å². The number of carbonyl (C=O) groups is 2. The van der Waals surface area contributed by atoms with Gasteiger partial charge in [-0.25, -0.2) is 0 Å². The highest BCUT2D eigenvalue weighted by Crippen LogP contribution is 2.44. The number of ether oxygens (including phenoxy) is 1. The minimum atomic E-state index is -1.10. The van der Waals surface area contributed by atoms with Crippen molar-refractivity contribution < 1.29 is 34.8 Å². The molecule has 0 radical (unpaired) electrons. The molecule has 4 N–H and O–H groups in total. The molecule has 0 saturated heterocycles. The Morgan fingerprint density at radius 2 is 1.97 bits per heavy atom. The minimum absolute atomic E-state index is 0.0156. The molecule has 7 heteroatoms. The first-order valence-corrected chi connectivity index (χ1v) is 11.0. The van der Waals surface area contributed by atoms with Crippen LogP contribution < -0.4 is 0 Å². The van der Waals surface area contributed by atoms with Crippen LogP contribution in [0.5, 0.6) is 0 Å². The lowest BCUT2D eigenvalue weighted by Gasteiger charge is -2.43. The van der Waals surface area contributed by atoms with Gasteiger partial charge in [-0.2, -0.15) is 0 Å². The van der Waals surface area contributed by atoms with Gasteiger partial charge in [-0.15, -0.1) is 0 Å². The van der Waals surface area contributed by atoms with Gasteiger partial charge in [-0.1, -0.05) is 39.0 Å². The standard InChI is InChI=1S/C23H36O7/c1-4-13(2)23(29)30-20-11-17(25)9-15-6-5-14(3)19(22(15)20)8-7-16(24)10-18(26)12-21(27)28/h5-6,9,13-14,16-20,22,24-26H,4,7-8,10-12H2,1-3H3,(H,27,28)/t13-,14+,16-,17-,18-,19+,20+,22+/m1/s1. The third-order valence-corrected chi connectivity index (χ3v) is 6.44. The Morgan fingerprint density at radius 3 is 2.60 bits per heavy atom. The van der Waals surface area contributed by atoms with E-state index in [0.29, 0.717) is 25.7 Å². The number of carbonyl (C=O) groups excluding carboxylic acids is 1. The molecular formula is C23H36O7. The van der Waals surface area contributed by atoms with E-state index in [9.17, 15) is 24.9 Å². The topological polar surface area (TPSA) is 124 Å². The molecule has 0 aromatic heterocycles. The van der Waals surface area contributed by atoms with Gasteiger partial charge in [0, 0.05) is 12.3 Å². The number of aliphatic hydroxyl groups excluding tert-OH is 3. The monoisotopic (exact) mass is 424 g/mol. The Hall–Kier alpha value is -1.70. The molecule has 8 atom stereocenters. The zero-order chi connectivity index (χ0) is 22.4. The predicted octanol–water partition coefficient (Wildman–Crippen LogP) is 2.44. The molecule has 0 saturated carbocycles. The number of aliphatic hydroxyl groups is 3. The van der Waals surface area contributed by atoms with E-state index in [1.54, 1.807) is 0 Å². The normalized spacial score (nSPS) is 31.3. The second-order valence-corrected chi connectivity index (χ2v) is 8.88. The van der Waals surface area contributed by atoms with E-state index < -0.39 is 30.4 Å². The molecule has 30 heavy (non-hydrogen) atoms. The summed E-state index contributed by atoms with van der Waals surface area (Å²) in [6.45, 7) is 5.85. The molecule has 0 amide bonds. The van der Waals surface area contributed by atoms with Crippen molar-refractivity contribution in [3.63, 3.8) is 0 Å². The Morgan fingerprint density at radius 1 is 1.27 bits per heavy atom. The van der Waals surface area contributed by atoms with Crippen molar-refractivity contribution in [2.75, 3.05) is 0 Å². The highest BCUT2D eigenvalue weighted by Gasteiger charge is 2.42. The number of esters is 1. The highest BCUT2D eigenvalue weighted by atomic mass is 16.5. The first-order chi connectivity index (χ1) is 14.1. The zero-order valence-corrected chi connectivity index (χ0v) is 18.1. The van der Waals surface area contributed by atoms with Gasteiger partial charge >= 0.3 is 11.9 Å². The maximum Gasteiger partial charge on any atom is 0.308 e. The van der Waals surface area contributed by atoms with Crippen molar-refractivity contribution in [3.05, 3.63) is 23.8 Å². The fourth-order valence-electron chi connectivity index (χ4n) is 4.52. The largest absolute Gasteiger partial charge is 0.481 e. The molecule has 0 heterocycles. The summed E-state index contributed by atoms with van der Waals surface area (Å²) < 4.78 is 5.84. The predicted molar refractivity (Wildman–Crippen MR) is 111 cm³/mol. The first kappa shape index (κ1) is 24.6. The van der Waals surface area contributed by atoms with E-state index in [0.717, 1.165) is 5.57 Å². The van der Waals surface area contributed by atoms with Crippen LogP contribution in [0.4, 0.5) is 0 Å².